The summed E-state index contributed by atoms with van der Waals surface area (Å²) in [6.45, 7) is 6.82. The molecule has 2 aromatic carbocycles. The SMILES string of the molecule is CCCNC(=O)C(C)N(Cc1ccc(C)cc1)C(=O)Cc1ccc(OC)cc1. The first kappa shape index (κ1) is 21.5. The Labute approximate surface area is 167 Å². The van der Waals surface area contributed by atoms with Crippen LogP contribution in [0.2, 0.25) is 0 Å². The minimum atomic E-state index is -0.543. The average Bonchev–Trinajstić information content (AvgIpc) is 2.71. The van der Waals surface area contributed by atoms with E-state index in [1.807, 2.05) is 62.4 Å². The third-order valence-electron chi connectivity index (χ3n) is 4.70. The topological polar surface area (TPSA) is 58.6 Å². The zero-order valence-corrected chi connectivity index (χ0v) is 17.2. The summed E-state index contributed by atoms with van der Waals surface area (Å²) in [6.07, 6.45) is 1.09. The largest absolute Gasteiger partial charge is 0.497 e. The van der Waals surface area contributed by atoms with E-state index < -0.39 is 6.04 Å². The first-order valence-electron chi connectivity index (χ1n) is 9.70. The highest BCUT2D eigenvalue weighted by molar-refractivity contribution is 5.88. The molecule has 0 saturated heterocycles. The Balaban J connectivity index is 2.18. The lowest BCUT2D eigenvalue weighted by Gasteiger charge is -2.29. The van der Waals surface area contributed by atoms with Gasteiger partial charge in [-0.05, 0) is 43.5 Å². The standard InChI is InChI=1S/C23H30N2O3/c1-5-14-24-23(27)18(3)25(16-20-8-6-17(2)7-9-20)22(26)15-19-10-12-21(28-4)13-11-19/h6-13,18H,5,14-16H2,1-4H3,(H,24,27). The molecule has 0 saturated carbocycles. The molecule has 0 aromatic heterocycles. The van der Waals surface area contributed by atoms with Crippen LogP contribution in [0.15, 0.2) is 48.5 Å². The van der Waals surface area contributed by atoms with Crippen LogP contribution in [0.1, 0.15) is 37.0 Å². The molecule has 2 aromatic rings. The van der Waals surface area contributed by atoms with E-state index in [1.165, 1.54) is 0 Å². The third kappa shape index (κ3) is 6.12. The summed E-state index contributed by atoms with van der Waals surface area (Å²) >= 11 is 0. The number of aryl methyl sites for hydroxylation is 1. The summed E-state index contributed by atoms with van der Waals surface area (Å²) in [7, 11) is 1.61. The highest BCUT2D eigenvalue weighted by Gasteiger charge is 2.26. The van der Waals surface area contributed by atoms with Gasteiger partial charge >= 0.3 is 0 Å². The molecule has 2 rings (SSSR count). The molecule has 0 heterocycles. The number of nitrogens with zero attached hydrogens (tertiary/aromatic N) is 1. The van der Waals surface area contributed by atoms with Crippen LogP contribution in [-0.2, 0) is 22.6 Å². The van der Waals surface area contributed by atoms with Gasteiger partial charge in [-0.2, -0.15) is 0 Å². The number of methoxy groups -OCH3 is 1. The number of ether oxygens (including phenoxy) is 1. The molecule has 5 nitrogen and oxygen atoms in total. The van der Waals surface area contributed by atoms with Crippen molar-refractivity contribution >= 4 is 11.8 Å². The van der Waals surface area contributed by atoms with Crippen molar-refractivity contribution in [1.82, 2.24) is 10.2 Å². The van der Waals surface area contributed by atoms with E-state index in [4.69, 9.17) is 4.74 Å². The molecule has 1 unspecified atom stereocenters. The monoisotopic (exact) mass is 382 g/mol. The zero-order chi connectivity index (χ0) is 20.5. The summed E-state index contributed by atoms with van der Waals surface area (Å²) in [5, 5.41) is 2.89. The molecule has 1 N–H and O–H groups in total. The van der Waals surface area contributed by atoms with Gasteiger partial charge in [-0.15, -0.1) is 0 Å². The number of nitrogens with one attached hydrogen (secondary N) is 1. The Morgan fingerprint density at radius 1 is 1.04 bits per heavy atom. The van der Waals surface area contributed by atoms with Crippen molar-refractivity contribution in [3.05, 3.63) is 65.2 Å². The van der Waals surface area contributed by atoms with E-state index in [9.17, 15) is 9.59 Å². The van der Waals surface area contributed by atoms with Gasteiger partial charge in [0.2, 0.25) is 11.8 Å². The first-order valence-corrected chi connectivity index (χ1v) is 9.70. The highest BCUT2D eigenvalue weighted by Crippen LogP contribution is 2.16. The Kier molecular flexibility index (Phi) is 8.05. The molecule has 2 amide bonds. The van der Waals surface area contributed by atoms with Crippen LogP contribution in [0.3, 0.4) is 0 Å². The maximum atomic E-state index is 13.1. The summed E-state index contributed by atoms with van der Waals surface area (Å²) < 4.78 is 5.17. The van der Waals surface area contributed by atoms with Gasteiger partial charge in [-0.1, -0.05) is 48.9 Å². The van der Waals surface area contributed by atoms with Crippen molar-refractivity contribution < 1.29 is 14.3 Å². The number of benzene rings is 2. The predicted octanol–water partition coefficient (Wildman–Crippen LogP) is 3.49. The Morgan fingerprint density at radius 2 is 1.64 bits per heavy atom. The number of hydrogen-bond acceptors (Lipinski definition) is 3. The molecule has 0 aliphatic heterocycles. The second kappa shape index (κ2) is 10.5. The van der Waals surface area contributed by atoms with Gasteiger partial charge in [-0.25, -0.2) is 0 Å². The van der Waals surface area contributed by atoms with Gasteiger partial charge in [-0.3, -0.25) is 9.59 Å². The number of rotatable bonds is 9. The zero-order valence-electron chi connectivity index (χ0n) is 17.2. The third-order valence-corrected chi connectivity index (χ3v) is 4.70. The van der Waals surface area contributed by atoms with Gasteiger partial charge < -0.3 is 15.0 Å². The minimum Gasteiger partial charge on any atom is -0.497 e. The maximum absolute atomic E-state index is 13.1. The maximum Gasteiger partial charge on any atom is 0.242 e. The lowest BCUT2D eigenvalue weighted by Crippen LogP contribution is -2.48. The molecule has 0 bridgehead atoms. The van der Waals surface area contributed by atoms with Gasteiger partial charge in [0.05, 0.1) is 13.5 Å². The molecule has 0 spiro atoms. The Bertz CT molecular complexity index is 769. The van der Waals surface area contributed by atoms with Crippen molar-refractivity contribution in [3.63, 3.8) is 0 Å². The molecule has 0 aliphatic rings. The van der Waals surface area contributed by atoms with Crippen LogP contribution >= 0.6 is 0 Å². The molecule has 0 radical (unpaired) electrons. The smallest absolute Gasteiger partial charge is 0.242 e. The van der Waals surface area contributed by atoms with Crippen LogP contribution in [0.25, 0.3) is 0 Å². The molecule has 0 aliphatic carbocycles. The number of carbonyl (C=O) groups is 2. The van der Waals surface area contributed by atoms with Crippen LogP contribution in [0, 0.1) is 6.92 Å². The van der Waals surface area contributed by atoms with Crippen molar-refractivity contribution in [3.8, 4) is 5.75 Å². The van der Waals surface area contributed by atoms with Gasteiger partial charge in [0.1, 0.15) is 11.8 Å². The Hall–Kier alpha value is -2.82. The molecule has 5 heteroatoms. The number of hydrogen-bond donors (Lipinski definition) is 1. The summed E-state index contributed by atoms with van der Waals surface area (Å²) in [6, 6.07) is 14.9. The molecule has 1 atom stereocenters. The van der Waals surface area contributed by atoms with Crippen LogP contribution in [0.5, 0.6) is 5.75 Å². The second-order valence-electron chi connectivity index (χ2n) is 7.00. The number of amides is 2. The van der Waals surface area contributed by atoms with E-state index in [0.29, 0.717) is 13.1 Å². The molecule has 0 fully saturated rings. The van der Waals surface area contributed by atoms with E-state index in [0.717, 1.165) is 28.9 Å². The fraction of sp³-hybridized carbons (Fsp3) is 0.391. The number of carbonyl (C=O) groups excluding carboxylic acids is 2. The normalized spacial score (nSPS) is 11.6. The lowest BCUT2D eigenvalue weighted by molar-refractivity contribution is -0.140. The first-order chi connectivity index (χ1) is 13.4. The summed E-state index contributed by atoms with van der Waals surface area (Å²) in [4.78, 5) is 27.2. The molecular formula is C23H30N2O3. The van der Waals surface area contributed by atoms with Crippen molar-refractivity contribution in [2.75, 3.05) is 13.7 Å². The summed E-state index contributed by atoms with van der Waals surface area (Å²) in [5.41, 5.74) is 3.05. The van der Waals surface area contributed by atoms with Crippen LogP contribution < -0.4 is 10.1 Å². The molecule has 150 valence electrons. The average molecular weight is 383 g/mol. The van der Waals surface area contributed by atoms with Crippen molar-refractivity contribution in [2.24, 2.45) is 0 Å². The highest BCUT2D eigenvalue weighted by atomic mass is 16.5. The quantitative estimate of drug-likeness (QED) is 0.722. The Morgan fingerprint density at radius 3 is 2.21 bits per heavy atom. The van der Waals surface area contributed by atoms with Gasteiger partial charge in [0.15, 0.2) is 0 Å². The van der Waals surface area contributed by atoms with Crippen LogP contribution in [0.4, 0.5) is 0 Å². The van der Waals surface area contributed by atoms with Crippen molar-refractivity contribution in [2.45, 2.75) is 46.2 Å². The van der Waals surface area contributed by atoms with Gasteiger partial charge in [0.25, 0.3) is 0 Å². The fourth-order valence-corrected chi connectivity index (χ4v) is 2.89. The predicted molar refractivity (Wildman–Crippen MR) is 111 cm³/mol. The lowest BCUT2D eigenvalue weighted by atomic mass is 10.1. The van der Waals surface area contributed by atoms with E-state index >= 15 is 0 Å². The van der Waals surface area contributed by atoms with Gasteiger partial charge in [0, 0.05) is 13.1 Å². The minimum absolute atomic E-state index is 0.0788. The van der Waals surface area contributed by atoms with E-state index in [1.54, 1.807) is 18.9 Å². The summed E-state index contributed by atoms with van der Waals surface area (Å²) in [5.74, 6) is 0.543. The van der Waals surface area contributed by atoms with Crippen LogP contribution in [-0.4, -0.2) is 36.4 Å². The molecular weight excluding hydrogens is 352 g/mol. The van der Waals surface area contributed by atoms with Crippen molar-refractivity contribution in [1.29, 1.82) is 0 Å². The fourth-order valence-electron chi connectivity index (χ4n) is 2.89. The van der Waals surface area contributed by atoms with E-state index in [2.05, 4.69) is 5.32 Å². The second-order valence-corrected chi connectivity index (χ2v) is 7.00. The van der Waals surface area contributed by atoms with E-state index in [-0.39, 0.29) is 18.2 Å². The molecule has 28 heavy (non-hydrogen) atoms.